The molecule has 2 aromatic carbocycles. The second-order valence-corrected chi connectivity index (χ2v) is 4.61. The molecular weight excluding hydrogens is 284 g/mol. The second-order valence-electron chi connectivity index (χ2n) is 4.61. The number of nitrogens with two attached hydrogens (primary N) is 2. The Balaban J connectivity index is 2.23. The molecule has 2 rings (SSSR count). The van der Waals surface area contributed by atoms with Crippen molar-refractivity contribution in [2.45, 2.75) is 6.61 Å². The maximum absolute atomic E-state index is 5.98. The summed E-state index contributed by atoms with van der Waals surface area (Å²) >= 11 is 0. The molecule has 0 saturated carbocycles. The SMILES string of the molecule is COc1ccc(COc2cc(N)cc(OC)c2OC)c(N)c1. The summed E-state index contributed by atoms with van der Waals surface area (Å²) in [5.74, 6) is 2.20. The highest BCUT2D eigenvalue weighted by molar-refractivity contribution is 5.61. The van der Waals surface area contributed by atoms with E-state index in [0.717, 1.165) is 5.56 Å². The quantitative estimate of drug-likeness (QED) is 0.797. The summed E-state index contributed by atoms with van der Waals surface area (Å²) in [6.07, 6.45) is 0. The summed E-state index contributed by atoms with van der Waals surface area (Å²) in [5, 5.41) is 0. The van der Waals surface area contributed by atoms with Gasteiger partial charge in [-0.3, -0.25) is 0 Å². The van der Waals surface area contributed by atoms with Crippen LogP contribution >= 0.6 is 0 Å². The van der Waals surface area contributed by atoms with Gasteiger partial charge in [-0.1, -0.05) is 0 Å². The number of anilines is 2. The lowest BCUT2D eigenvalue weighted by Crippen LogP contribution is -2.03. The molecule has 0 aliphatic carbocycles. The topological polar surface area (TPSA) is 89.0 Å². The first-order valence-corrected chi connectivity index (χ1v) is 6.65. The Kier molecular flexibility index (Phi) is 4.83. The lowest BCUT2D eigenvalue weighted by molar-refractivity contribution is 0.276. The highest BCUT2D eigenvalue weighted by atomic mass is 16.5. The molecule has 0 fully saturated rings. The van der Waals surface area contributed by atoms with Gasteiger partial charge in [0.05, 0.1) is 21.3 Å². The minimum absolute atomic E-state index is 0.277. The molecule has 0 aromatic heterocycles. The Morgan fingerprint density at radius 2 is 1.59 bits per heavy atom. The van der Waals surface area contributed by atoms with Crippen LogP contribution in [0, 0.1) is 0 Å². The zero-order valence-electron chi connectivity index (χ0n) is 12.9. The molecule has 2 aromatic rings. The van der Waals surface area contributed by atoms with Crippen LogP contribution in [0.5, 0.6) is 23.0 Å². The molecule has 0 spiro atoms. The first-order valence-electron chi connectivity index (χ1n) is 6.65. The Morgan fingerprint density at radius 3 is 2.18 bits per heavy atom. The van der Waals surface area contributed by atoms with E-state index in [1.165, 1.54) is 0 Å². The Hall–Kier alpha value is -2.76. The monoisotopic (exact) mass is 304 g/mol. The lowest BCUT2D eigenvalue weighted by atomic mass is 10.2. The van der Waals surface area contributed by atoms with E-state index in [9.17, 15) is 0 Å². The number of rotatable bonds is 6. The average Bonchev–Trinajstić information content (AvgIpc) is 2.52. The summed E-state index contributed by atoms with van der Waals surface area (Å²) in [5.41, 5.74) is 13.8. The number of hydrogen-bond donors (Lipinski definition) is 2. The smallest absolute Gasteiger partial charge is 0.203 e. The van der Waals surface area contributed by atoms with Gasteiger partial charge in [-0.05, 0) is 12.1 Å². The zero-order chi connectivity index (χ0) is 16.1. The van der Waals surface area contributed by atoms with Gasteiger partial charge in [-0.25, -0.2) is 0 Å². The Bertz CT molecular complexity index is 659. The second kappa shape index (κ2) is 6.80. The van der Waals surface area contributed by atoms with Crippen molar-refractivity contribution in [3.63, 3.8) is 0 Å². The third-order valence-electron chi connectivity index (χ3n) is 3.20. The molecule has 0 radical (unpaired) electrons. The van der Waals surface area contributed by atoms with Gasteiger partial charge in [0, 0.05) is 35.1 Å². The van der Waals surface area contributed by atoms with Crippen LogP contribution in [0.25, 0.3) is 0 Å². The van der Waals surface area contributed by atoms with Gasteiger partial charge < -0.3 is 30.4 Å². The summed E-state index contributed by atoms with van der Waals surface area (Å²) in [7, 11) is 4.68. The normalized spacial score (nSPS) is 10.1. The van der Waals surface area contributed by atoms with Gasteiger partial charge in [-0.2, -0.15) is 0 Å². The largest absolute Gasteiger partial charge is 0.497 e. The van der Waals surface area contributed by atoms with E-state index in [2.05, 4.69) is 0 Å². The van der Waals surface area contributed by atoms with Crippen LogP contribution in [0.2, 0.25) is 0 Å². The molecule has 0 atom stereocenters. The van der Waals surface area contributed by atoms with E-state index < -0.39 is 0 Å². The fraction of sp³-hybridized carbons (Fsp3) is 0.250. The van der Waals surface area contributed by atoms with Crippen LogP contribution in [0.1, 0.15) is 5.56 Å². The molecule has 0 heterocycles. The molecule has 4 N–H and O–H groups in total. The molecule has 0 saturated heterocycles. The van der Waals surface area contributed by atoms with Crippen LogP contribution in [0.3, 0.4) is 0 Å². The van der Waals surface area contributed by atoms with Crippen molar-refractivity contribution in [1.82, 2.24) is 0 Å². The molecule has 0 aliphatic heterocycles. The minimum Gasteiger partial charge on any atom is -0.497 e. The van der Waals surface area contributed by atoms with E-state index in [1.807, 2.05) is 12.1 Å². The Labute approximate surface area is 129 Å². The summed E-state index contributed by atoms with van der Waals surface area (Å²) < 4.78 is 21.5. The van der Waals surface area contributed by atoms with Crippen molar-refractivity contribution >= 4 is 11.4 Å². The highest BCUT2D eigenvalue weighted by Crippen LogP contribution is 2.39. The van der Waals surface area contributed by atoms with E-state index in [-0.39, 0.29) is 6.61 Å². The molecule has 0 bridgehead atoms. The van der Waals surface area contributed by atoms with Gasteiger partial charge in [0.25, 0.3) is 0 Å². The standard InChI is InChI=1S/C16H20N2O4/c1-19-12-5-4-10(13(18)8-12)9-22-15-7-11(17)6-14(20-2)16(15)21-3/h4-8H,9,17-18H2,1-3H3. The first-order chi connectivity index (χ1) is 10.6. The van der Waals surface area contributed by atoms with E-state index in [0.29, 0.717) is 34.4 Å². The molecule has 6 heteroatoms. The van der Waals surface area contributed by atoms with Crippen molar-refractivity contribution in [1.29, 1.82) is 0 Å². The number of nitrogen functional groups attached to an aromatic ring is 2. The van der Waals surface area contributed by atoms with Gasteiger partial charge >= 0.3 is 0 Å². The lowest BCUT2D eigenvalue weighted by Gasteiger charge is -2.15. The van der Waals surface area contributed by atoms with Crippen LogP contribution in [0.15, 0.2) is 30.3 Å². The van der Waals surface area contributed by atoms with Gasteiger partial charge in [0.1, 0.15) is 12.4 Å². The van der Waals surface area contributed by atoms with Crippen molar-refractivity contribution in [3.8, 4) is 23.0 Å². The van der Waals surface area contributed by atoms with E-state index in [4.69, 9.17) is 30.4 Å². The average molecular weight is 304 g/mol. The first kappa shape index (κ1) is 15.6. The van der Waals surface area contributed by atoms with Crippen molar-refractivity contribution < 1.29 is 18.9 Å². The van der Waals surface area contributed by atoms with Crippen LogP contribution in [0.4, 0.5) is 11.4 Å². The van der Waals surface area contributed by atoms with E-state index in [1.54, 1.807) is 39.5 Å². The van der Waals surface area contributed by atoms with Gasteiger partial charge in [0.15, 0.2) is 11.5 Å². The molecule has 6 nitrogen and oxygen atoms in total. The number of benzene rings is 2. The summed E-state index contributed by atoms with van der Waals surface area (Å²) in [6, 6.07) is 8.78. The molecule has 0 aliphatic rings. The third kappa shape index (κ3) is 3.28. The Morgan fingerprint density at radius 1 is 0.864 bits per heavy atom. The summed E-state index contributed by atoms with van der Waals surface area (Å²) in [6.45, 7) is 0.277. The molecule has 0 unspecified atom stereocenters. The highest BCUT2D eigenvalue weighted by Gasteiger charge is 2.13. The van der Waals surface area contributed by atoms with Crippen molar-refractivity contribution in [2.24, 2.45) is 0 Å². The fourth-order valence-electron chi connectivity index (χ4n) is 2.04. The number of hydrogen-bond acceptors (Lipinski definition) is 6. The van der Waals surface area contributed by atoms with Crippen LogP contribution in [-0.2, 0) is 6.61 Å². The van der Waals surface area contributed by atoms with Crippen LogP contribution < -0.4 is 30.4 Å². The molecule has 118 valence electrons. The predicted molar refractivity (Wildman–Crippen MR) is 85.7 cm³/mol. The van der Waals surface area contributed by atoms with Gasteiger partial charge in [-0.15, -0.1) is 0 Å². The van der Waals surface area contributed by atoms with Crippen molar-refractivity contribution in [3.05, 3.63) is 35.9 Å². The van der Waals surface area contributed by atoms with Crippen LogP contribution in [-0.4, -0.2) is 21.3 Å². The van der Waals surface area contributed by atoms with Gasteiger partial charge in [0.2, 0.25) is 5.75 Å². The molecule has 22 heavy (non-hydrogen) atoms. The predicted octanol–water partition coefficient (Wildman–Crippen LogP) is 2.46. The van der Waals surface area contributed by atoms with E-state index >= 15 is 0 Å². The van der Waals surface area contributed by atoms with Crippen molar-refractivity contribution in [2.75, 3.05) is 32.8 Å². The minimum atomic E-state index is 0.277. The maximum atomic E-state index is 5.98. The fourth-order valence-corrected chi connectivity index (χ4v) is 2.04. The molecule has 0 amide bonds. The summed E-state index contributed by atoms with van der Waals surface area (Å²) in [4.78, 5) is 0. The molecular formula is C16H20N2O4. The number of methoxy groups -OCH3 is 3. The number of ether oxygens (including phenoxy) is 4. The third-order valence-corrected chi connectivity index (χ3v) is 3.20. The zero-order valence-corrected chi connectivity index (χ0v) is 12.9. The maximum Gasteiger partial charge on any atom is 0.203 e.